The summed E-state index contributed by atoms with van der Waals surface area (Å²) in [7, 11) is 0. The normalized spacial score (nSPS) is 12.8. The average molecular weight is 379 g/mol. The van der Waals surface area contributed by atoms with Crippen molar-refractivity contribution in [2.45, 2.75) is 0 Å². The molecule has 5 rings (SSSR count). The van der Waals surface area contributed by atoms with Gasteiger partial charge in [0.2, 0.25) is 0 Å². The van der Waals surface area contributed by atoms with E-state index in [1.165, 1.54) is 0 Å². The maximum atomic E-state index is 6.26. The lowest BCUT2D eigenvalue weighted by atomic mass is 10.0. The summed E-state index contributed by atoms with van der Waals surface area (Å²) in [6, 6.07) is 21.3. The van der Waals surface area contributed by atoms with Crippen LogP contribution in [-0.2, 0) is 0 Å². The van der Waals surface area contributed by atoms with Gasteiger partial charge in [-0.15, -0.1) is 15.0 Å². The Morgan fingerprint density at radius 1 is 0.846 bits per heavy atom. The molecule has 2 heterocycles. The molecule has 6 heteroatoms. The molecule has 0 saturated carbocycles. The van der Waals surface area contributed by atoms with Gasteiger partial charge in [0.15, 0.2) is 5.82 Å². The highest BCUT2D eigenvalue weighted by Crippen LogP contribution is 2.33. The van der Waals surface area contributed by atoms with E-state index in [9.17, 15) is 0 Å². The lowest BCUT2D eigenvalue weighted by Gasteiger charge is -2.10. The van der Waals surface area contributed by atoms with E-state index in [1.807, 2.05) is 66.7 Å². The van der Waals surface area contributed by atoms with E-state index in [2.05, 4.69) is 10.4 Å². The Labute approximate surface area is 159 Å². The maximum Gasteiger partial charge on any atom is 0.162 e. The number of anilines is 2. The largest absolute Gasteiger partial charge is 0.338 e. The molecular weight excluding hydrogens is 367 g/mol. The van der Waals surface area contributed by atoms with Gasteiger partial charge in [-0.3, -0.25) is 0 Å². The lowest BCUT2D eigenvalue weighted by Crippen LogP contribution is -2.06. The van der Waals surface area contributed by atoms with Crippen molar-refractivity contribution in [3.05, 3.63) is 87.9 Å². The smallest absolute Gasteiger partial charge is 0.162 e. The molecule has 0 bridgehead atoms. The second-order valence-electron chi connectivity index (χ2n) is 6.03. The first-order valence-corrected chi connectivity index (χ1v) is 8.84. The van der Waals surface area contributed by atoms with Crippen molar-refractivity contribution in [1.82, 2.24) is 9.89 Å². The van der Waals surface area contributed by atoms with Gasteiger partial charge in [-0.1, -0.05) is 47.5 Å². The molecule has 1 aliphatic heterocycles. The van der Waals surface area contributed by atoms with Crippen LogP contribution in [0.25, 0.3) is 10.9 Å². The number of hydrogen-bond donors (Lipinski definition) is 1. The van der Waals surface area contributed by atoms with Crippen molar-refractivity contribution in [3.8, 4) is 0 Å². The number of halogens is 2. The predicted octanol–water partition coefficient (Wildman–Crippen LogP) is 5.70. The van der Waals surface area contributed by atoms with Crippen LogP contribution in [0.1, 0.15) is 11.1 Å². The van der Waals surface area contributed by atoms with Crippen LogP contribution < -0.4 is 5.32 Å². The zero-order valence-electron chi connectivity index (χ0n) is 13.4. The molecule has 3 aromatic carbocycles. The first-order chi connectivity index (χ1) is 12.7. The Bertz CT molecular complexity index is 1180. The highest BCUT2D eigenvalue weighted by Gasteiger charge is 2.21. The summed E-state index contributed by atoms with van der Waals surface area (Å²) in [6.45, 7) is 0. The fourth-order valence-corrected chi connectivity index (χ4v) is 3.43. The van der Waals surface area contributed by atoms with Crippen LogP contribution in [0.2, 0.25) is 10.0 Å². The standard InChI is InChI=1S/C20H12Cl2N4/c21-13-7-5-12(6-8-13)19-16-11-14(22)9-10-17(16)23-20-15-3-1-2-4-18(15)24-26(20)25-19/h1-11,23H. The number of benzene rings is 3. The van der Waals surface area contributed by atoms with Gasteiger partial charge in [-0.2, -0.15) is 0 Å². The summed E-state index contributed by atoms with van der Waals surface area (Å²) in [4.78, 5) is 1.64. The molecular formula is C20H12Cl2N4. The van der Waals surface area contributed by atoms with Crippen molar-refractivity contribution in [1.29, 1.82) is 0 Å². The first kappa shape index (κ1) is 15.4. The average Bonchev–Trinajstić information content (AvgIpc) is 2.91. The van der Waals surface area contributed by atoms with Gasteiger partial charge in [-0.25, -0.2) is 0 Å². The lowest BCUT2D eigenvalue weighted by molar-refractivity contribution is 0.764. The molecule has 1 aromatic heterocycles. The van der Waals surface area contributed by atoms with Gasteiger partial charge in [-0.05, 0) is 42.5 Å². The van der Waals surface area contributed by atoms with Crippen LogP contribution in [0.4, 0.5) is 11.5 Å². The highest BCUT2D eigenvalue weighted by molar-refractivity contribution is 6.32. The minimum atomic E-state index is 0.650. The molecule has 0 amide bonds. The number of aromatic nitrogens is 2. The van der Waals surface area contributed by atoms with Gasteiger partial charge in [0.05, 0.1) is 5.52 Å². The van der Waals surface area contributed by atoms with E-state index in [0.717, 1.165) is 39.2 Å². The van der Waals surface area contributed by atoms with Gasteiger partial charge < -0.3 is 5.32 Å². The van der Waals surface area contributed by atoms with E-state index in [0.29, 0.717) is 10.0 Å². The minimum Gasteiger partial charge on any atom is -0.338 e. The molecule has 0 fully saturated rings. The Balaban J connectivity index is 1.82. The minimum absolute atomic E-state index is 0.650. The van der Waals surface area contributed by atoms with Crippen LogP contribution in [0.3, 0.4) is 0 Å². The first-order valence-electron chi connectivity index (χ1n) is 8.09. The summed E-state index contributed by atoms with van der Waals surface area (Å²) in [6.07, 6.45) is 0. The van der Waals surface area contributed by atoms with Crippen LogP contribution in [-0.4, -0.2) is 15.6 Å². The van der Waals surface area contributed by atoms with Gasteiger partial charge in [0.1, 0.15) is 5.71 Å². The van der Waals surface area contributed by atoms with Crippen LogP contribution in [0.15, 0.2) is 71.8 Å². The van der Waals surface area contributed by atoms with Crippen molar-refractivity contribution < 1.29 is 0 Å². The van der Waals surface area contributed by atoms with Crippen molar-refractivity contribution in [3.63, 3.8) is 0 Å². The molecule has 1 aliphatic rings. The second-order valence-corrected chi connectivity index (χ2v) is 6.90. The van der Waals surface area contributed by atoms with E-state index >= 15 is 0 Å². The quantitative estimate of drug-likeness (QED) is 0.406. The SMILES string of the molecule is Clc1ccc(C2=Nn3nc4ccccc4c3Nc3ccc(Cl)cc32)cc1. The number of hydrogen-bond acceptors (Lipinski definition) is 3. The molecule has 0 unspecified atom stereocenters. The molecule has 0 radical (unpaired) electrons. The Morgan fingerprint density at radius 3 is 2.46 bits per heavy atom. The van der Waals surface area contributed by atoms with E-state index in [1.54, 1.807) is 4.79 Å². The summed E-state index contributed by atoms with van der Waals surface area (Å²) >= 11 is 12.3. The third-order valence-corrected chi connectivity index (χ3v) is 4.85. The number of fused-ring (bicyclic) bond motifs is 4. The summed E-state index contributed by atoms with van der Waals surface area (Å²) in [5.74, 6) is 0.827. The summed E-state index contributed by atoms with van der Waals surface area (Å²) in [5.41, 5.74) is 4.43. The molecule has 1 N–H and O–H groups in total. The molecule has 4 aromatic rings. The predicted molar refractivity (Wildman–Crippen MR) is 107 cm³/mol. The zero-order valence-corrected chi connectivity index (χ0v) is 15.0. The molecule has 26 heavy (non-hydrogen) atoms. The highest BCUT2D eigenvalue weighted by atomic mass is 35.5. The van der Waals surface area contributed by atoms with Gasteiger partial charge in [0.25, 0.3) is 0 Å². The topological polar surface area (TPSA) is 42.2 Å². The Hall–Kier alpha value is -2.82. The third kappa shape index (κ3) is 2.46. The molecule has 0 atom stereocenters. The van der Waals surface area contributed by atoms with Crippen molar-refractivity contribution in [2.24, 2.45) is 5.10 Å². The van der Waals surface area contributed by atoms with Gasteiger partial charge in [0, 0.05) is 32.2 Å². The Morgan fingerprint density at radius 2 is 1.62 bits per heavy atom. The summed E-state index contributed by atoms with van der Waals surface area (Å²) in [5, 5.41) is 15.2. The molecule has 4 nitrogen and oxygen atoms in total. The number of rotatable bonds is 1. The molecule has 0 saturated heterocycles. The maximum absolute atomic E-state index is 6.26. The van der Waals surface area contributed by atoms with Crippen molar-refractivity contribution in [2.75, 3.05) is 5.32 Å². The molecule has 0 aliphatic carbocycles. The van der Waals surface area contributed by atoms with E-state index in [-0.39, 0.29) is 0 Å². The summed E-state index contributed by atoms with van der Waals surface area (Å²) < 4.78 is 0. The second kappa shape index (κ2) is 5.87. The Kier molecular flexibility index (Phi) is 3.48. The number of nitrogens with zero attached hydrogens (tertiary/aromatic N) is 3. The van der Waals surface area contributed by atoms with Crippen LogP contribution in [0, 0.1) is 0 Å². The molecule has 0 spiro atoms. The van der Waals surface area contributed by atoms with Crippen LogP contribution >= 0.6 is 23.2 Å². The monoisotopic (exact) mass is 378 g/mol. The fourth-order valence-electron chi connectivity index (χ4n) is 3.13. The molecule has 126 valence electrons. The van der Waals surface area contributed by atoms with Crippen LogP contribution in [0.5, 0.6) is 0 Å². The fraction of sp³-hybridized carbons (Fsp3) is 0. The third-order valence-electron chi connectivity index (χ3n) is 4.36. The number of nitrogens with one attached hydrogen (secondary N) is 1. The van der Waals surface area contributed by atoms with Crippen molar-refractivity contribution >= 4 is 51.3 Å². The van der Waals surface area contributed by atoms with E-state index < -0.39 is 0 Å². The van der Waals surface area contributed by atoms with E-state index in [4.69, 9.17) is 28.3 Å². The zero-order chi connectivity index (χ0) is 17.7. The van der Waals surface area contributed by atoms with Gasteiger partial charge >= 0.3 is 0 Å².